The van der Waals surface area contributed by atoms with Crippen LogP contribution in [0.1, 0.15) is 19.3 Å². The van der Waals surface area contributed by atoms with E-state index in [0.717, 1.165) is 18.8 Å². The van der Waals surface area contributed by atoms with Gasteiger partial charge >= 0.3 is 0 Å². The van der Waals surface area contributed by atoms with E-state index in [1.54, 1.807) is 14.2 Å². The van der Waals surface area contributed by atoms with E-state index in [1.807, 2.05) is 36.4 Å². The van der Waals surface area contributed by atoms with Crippen LogP contribution in [-0.4, -0.2) is 37.3 Å². The average Bonchev–Trinajstić information content (AvgIpc) is 2.73. The van der Waals surface area contributed by atoms with Crippen LogP contribution in [-0.2, 0) is 0 Å². The molecule has 1 aromatic heterocycles. The summed E-state index contributed by atoms with van der Waals surface area (Å²) < 4.78 is 10.8. The topological polar surface area (TPSA) is 67.5 Å². The van der Waals surface area contributed by atoms with Crippen LogP contribution in [0.3, 0.4) is 0 Å². The number of nitrogens with zero attached hydrogens (tertiary/aromatic N) is 2. The first-order valence-electron chi connectivity index (χ1n) is 9.21. The molecule has 0 radical (unpaired) electrons. The lowest BCUT2D eigenvalue weighted by Gasteiger charge is -2.28. The summed E-state index contributed by atoms with van der Waals surface area (Å²) in [5, 5.41) is 0.601. The Labute approximate surface area is 157 Å². The van der Waals surface area contributed by atoms with Gasteiger partial charge in [0.15, 0.2) is 11.5 Å². The summed E-state index contributed by atoms with van der Waals surface area (Å²) in [6, 6.07) is 11.4. The van der Waals surface area contributed by atoms with Crippen molar-refractivity contribution in [1.29, 1.82) is 0 Å². The fourth-order valence-corrected chi connectivity index (χ4v) is 3.68. The van der Waals surface area contributed by atoms with Crippen LogP contribution in [0.25, 0.3) is 22.3 Å². The Kier molecular flexibility index (Phi) is 4.71. The number of para-hydroxylation sites is 1. The maximum absolute atomic E-state index is 12.8. The minimum Gasteiger partial charge on any atom is -0.493 e. The number of nitrogens with one attached hydrogen (secondary N) is 1. The molecular weight excluding hydrogens is 342 g/mol. The molecule has 2 aromatic carbocycles. The van der Waals surface area contributed by atoms with Crippen molar-refractivity contribution in [3.05, 3.63) is 46.8 Å². The van der Waals surface area contributed by atoms with Gasteiger partial charge in [0.25, 0.3) is 5.56 Å². The molecule has 0 spiro atoms. The maximum Gasteiger partial charge on any atom is 0.259 e. The highest BCUT2D eigenvalue weighted by molar-refractivity contribution is 5.84. The van der Waals surface area contributed by atoms with Gasteiger partial charge in [0.1, 0.15) is 5.82 Å². The average molecular weight is 365 g/mol. The highest BCUT2D eigenvalue weighted by Crippen LogP contribution is 2.36. The number of fused-ring (bicyclic) bond motifs is 1. The molecule has 1 aliphatic rings. The Hall–Kier alpha value is -3.02. The fourth-order valence-electron chi connectivity index (χ4n) is 3.68. The SMILES string of the molecule is COc1cccc(-c2nc3ccc(N4CCCCC4)cc3c(=O)[nH]2)c1OC. The lowest BCUT2D eigenvalue weighted by Crippen LogP contribution is -2.29. The molecule has 0 atom stereocenters. The second-order valence-corrected chi connectivity index (χ2v) is 6.70. The Bertz CT molecular complexity index is 1020. The van der Waals surface area contributed by atoms with Crippen molar-refractivity contribution in [3.8, 4) is 22.9 Å². The van der Waals surface area contributed by atoms with Crippen LogP contribution in [0.2, 0.25) is 0 Å². The lowest BCUT2D eigenvalue weighted by molar-refractivity contribution is 0.356. The smallest absolute Gasteiger partial charge is 0.259 e. The van der Waals surface area contributed by atoms with E-state index < -0.39 is 0 Å². The van der Waals surface area contributed by atoms with Gasteiger partial charge in [-0.05, 0) is 49.6 Å². The highest BCUT2D eigenvalue weighted by atomic mass is 16.5. The number of aromatic nitrogens is 2. The minimum absolute atomic E-state index is 0.154. The van der Waals surface area contributed by atoms with Crippen LogP contribution in [0.4, 0.5) is 5.69 Å². The molecule has 1 saturated heterocycles. The van der Waals surface area contributed by atoms with Gasteiger partial charge in [-0.1, -0.05) is 6.07 Å². The van der Waals surface area contributed by atoms with Crippen LogP contribution < -0.4 is 19.9 Å². The van der Waals surface area contributed by atoms with Crippen molar-refractivity contribution in [2.24, 2.45) is 0 Å². The molecule has 0 aliphatic carbocycles. The number of H-pyrrole nitrogens is 1. The Morgan fingerprint density at radius 3 is 2.59 bits per heavy atom. The van der Waals surface area contributed by atoms with E-state index in [0.29, 0.717) is 33.8 Å². The first kappa shape index (κ1) is 17.4. The number of ether oxygens (including phenoxy) is 2. The van der Waals surface area contributed by atoms with Gasteiger partial charge in [0.2, 0.25) is 0 Å². The molecule has 27 heavy (non-hydrogen) atoms. The molecule has 3 aromatic rings. The summed E-state index contributed by atoms with van der Waals surface area (Å²) in [5.74, 6) is 1.61. The molecule has 2 heterocycles. The summed E-state index contributed by atoms with van der Waals surface area (Å²) in [5.41, 5.74) is 2.29. The third kappa shape index (κ3) is 3.23. The molecule has 1 N–H and O–H groups in total. The third-order valence-corrected chi connectivity index (χ3v) is 5.07. The lowest BCUT2D eigenvalue weighted by atomic mass is 10.1. The molecule has 0 unspecified atom stereocenters. The molecule has 6 heteroatoms. The van der Waals surface area contributed by atoms with Crippen molar-refractivity contribution in [2.45, 2.75) is 19.3 Å². The summed E-state index contributed by atoms with van der Waals surface area (Å²) in [6.45, 7) is 2.08. The molecule has 0 bridgehead atoms. The first-order chi connectivity index (χ1) is 13.2. The number of hydrogen-bond donors (Lipinski definition) is 1. The van der Waals surface area contributed by atoms with E-state index in [1.165, 1.54) is 19.3 Å². The number of rotatable bonds is 4. The second kappa shape index (κ2) is 7.31. The molecule has 140 valence electrons. The molecule has 0 amide bonds. The van der Waals surface area contributed by atoms with Crippen molar-refractivity contribution in [1.82, 2.24) is 9.97 Å². The molecule has 6 nitrogen and oxygen atoms in total. The Morgan fingerprint density at radius 2 is 1.85 bits per heavy atom. The fraction of sp³-hybridized carbons (Fsp3) is 0.333. The van der Waals surface area contributed by atoms with Crippen LogP contribution in [0.15, 0.2) is 41.2 Å². The largest absolute Gasteiger partial charge is 0.493 e. The monoisotopic (exact) mass is 365 g/mol. The molecule has 1 fully saturated rings. The standard InChI is InChI=1S/C21H23N3O3/c1-26-18-8-6-7-15(19(18)27-2)20-22-17-10-9-14(13-16(17)21(25)23-20)24-11-4-3-5-12-24/h6-10,13H,3-5,11-12H2,1-2H3,(H,22,23,25). The number of benzene rings is 2. The van der Waals surface area contributed by atoms with E-state index in [-0.39, 0.29) is 5.56 Å². The van der Waals surface area contributed by atoms with Crippen molar-refractivity contribution < 1.29 is 9.47 Å². The number of aromatic amines is 1. The first-order valence-corrected chi connectivity index (χ1v) is 9.21. The molecule has 4 rings (SSSR count). The van der Waals surface area contributed by atoms with Crippen molar-refractivity contribution >= 4 is 16.6 Å². The van der Waals surface area contributed by atoms with E-state index >= 15 is 0 Å². The molecular formula is C21H23N3O3. The Balaban J connectivity index is 1.80. The summed E-state index contributed by atoms with van der Waals surface area (Å²) in [7, 11) is 3.16. The van der Waals surface area contributed by atoms with Gasteiger partial charge in [-0.15, -0.1) is 0 Å². The summed E-state index contributed by atoms with van der Waals surface area (Å²) in [6.07, 6.45) is 3.67. The van der Waals surface area contributed by atoms with Gasteiger partial charge in [-0.25, -0.2) is 4.98 Å². The van der Waals surface area contributed by atoms with Crippen LogP contribution in [0, 0.1) is 0 Å². The zero-order valence-corrected chi connectivity index (χ0v) is 15.6. The van der Waals surface area contributed by atoms with Gasteiger partial charge in [-0.3, -0.25) is 4.79 Å². The minimum atomic E-state index is -0.154. The van der Waals surface area contributed by atoms with Crippen molar-refractivity contribution in [3.63, 3.8) is 0 Å². The number of hydrogen-bond acceptors (Lipinski definition) is 5. The number of methoxy groups -OCH3 is 2. The van der Waals surface area contributed by atoms with Gasteiger partial charge in [-0.2, -0.15) is 0 Å². The van der Waals surface area contributed by atoms with E-state index in [2.05, 4.69) is 14.9 Å². The van der Waals surface area contributed by atoms with Crippen LogP contribution in [0.5, 0.6) is 11.5 Å². The van der Waals surface area contributed by atoms with Gasteiger partial charge < -0.3 is 19.4 Å². The zero-order chi connectivity index (χ0) is 18.8. The second-order valence-electron chi connectivity index (χ2n) is 6.70. The summed E-state index contributed by atoms with van der Waals surface area (Å²) in [4.78, 5) is 22.7. The normalized spacial score (nSPS) is 14.4. The predicted octanol–water partition coefficient (Wildman–Crippen LogP) is 3.60. The van der Waals surface area contributed by atoms with E-state index in [9.17, 15) is 4.79 Å². The third-order valence-electron chi connectivity index (χ3n) is 5.07. The molecule has 0 saturated carbocycles. The predicted molar refractivity (Wildman–Crippen MR) is 107 cm³/mol. The maximum atomic E-state index is 12.8. The van der Waals surface area contributed by atoms with Gasteiger partial charge in [0, 0.05) is 18.8 Å². The summed E-state index contributed by atoms with van der Waals surface area (Å²) >= 11 is 0. The Morgan fingerprint density at radius 1 is 1.04 bits per heavy atom. The number of piperidine rings is 1. The van der Waals surface area contributed by atoms with E-state index in [4.69, 9.17) is 9.47 Å². The van der Waals surface area contributed by atoms with Gasteiger partial charge in [0.05, 0.1) is 30.7 Å². The zero-order valence-electron chi connectivity index (χ0n) is 15.6. The van der Waals surface area contributed by atoms with Crippen molar-refractivity contribution in [2.75, 3.05) is 32.2 Å². The quantitative estimate of drug-likeness (QED) is 0.765. The highest BCUT2D eigenvalue weighted by Gasteiger charge is 2.16. The number of anilines is 1. The van der Waals surface area contributed by atoms with Crippen LogP contribution >= 0.6 is 0 Å². The molecule has 1 aliphatic heterocycles.